The number of benzene rings is 2. The molecule has 0 unspecified atom stereocenters. The van der Waals surface area contributed by atoms with Crippen LogP contribution in [0.1, 0.15) is 33.3 Å². The van der Waals surface area contributed by atoms with Crippen LogP contribution in [0.2, 0.25) is 0 Å². The standard InChI is InChI=1S/C28H29N5O3S/c1-4-23(25(32-13-11-29-12-14-32)21-8-6-5-7-18(21)2)30-26(34)24-17-37-28(31-24)33-16-19-9-10-20(36-3)15-22(19)27(33)35/h4-10,15,17,29H,2,11-14,16H2,1,3H3,(H,30,34)/b23-4+,25-21+. The molecule has 2 N–H and O–H groups in total. The third-order valence-corrected chi connectivity index (χ3v) is 7.44. The molecule has 0 saturated carbocycles. The molecule has 0 atom stereocenters. The number of hydrogen-bond acceptors (Lipinski definition) is 7. The predicted molar refractivity (Wildman–Crippen MR) is 146 cm³/mol. The van der Waals surface area contributed by atoms with Crippen LogP contribution in [0, 0.1) is 0 Å². The van der Waals surface area contributed by atoms with Crippen molar-refractivity contribution in [1.29, 1.82) is 0 Å². The summed E-state index contributed by atoms with van der Waals surface area (Å²) < 4.78 is 5.26. The van der Waals surface area contributed by atoms with Gasteiger partial charge >= 0.3 is 0 Å². The highest BCUT2D eigenvalue weighted by molar-refractivity contribution is 7.14. The van der Waals surface area contributed by atoms with E-state index in [-0.39, 0.29) is 17.5 Å². The van der Waals surface area contributed by atoms with Gasteiger partial charge in [-0.3, -0.25) is 14.5 Å². The van der Waals surface area contributed by atoms with Gasteiger partial charge in [0.2, 0.25) is 0 Å². The summed E-state index contributed by atoms with van der Waals surface area (Å²) in [6.45, 7) is 9.90. The number of amides is 2. The number of piperazine rings is 1. The Labute approximate surface area is 219 Å². The lowest BCUT2D eigenvalue weighted by Crippen LogP contribution is -2.47. The lowest BCUT2D eigenvalue weighted by atomic mass is 10.1. The molecule has 0 bridgehead atoms. The van der Waals surface area contributed by atoms with Crippen molar-refractivity contribution in [2.45, 2.75) is 13.5 Å². The van der Waals surface area contributed by atoms with Crippen molar-refractivity contribution in [2.24, 2.45) is 0 Å². The molecule has 1 aromatic heterocycles. The van der Waals surface area contributed by atoms with Crippen LogP contribution < -0.4 is 30.7 Å². The van der Waals surface area contributed by atoms with Crippen molar-refractivity contribution in [1.82, 2.24) is 20.5 Å². The molecule has 3 aromatic rings. The summed E-state index contributed by atoms with van der Waals surface area (Å²) in [5.74, 6) is 0.161. The minimum atomic E-state index is -0.324. The number of carbonyl (C=O) groups excluding carboxylic acids is 2. The van der Waals surface area contributed by atoms with Crippen LogP contribution in [-0.4, -0.2) is 55.0 Å². The van der Waals surface area contributed by atoms with Gasteiger partial charge in [0.1, 0.15) is 11.4 Å². The van der Waals surface area contributed by atoms with Crippen molar-refractivity contribution >= 4 is 40.6 Å². The number of nitrogens with one attached hydrogen (secondary N) is 2. The van der Waals surface area contributed by atoms with E-state index in [1.54, 1.807) is 23.5 Å². The van der Waals surface area contributed by atoms with E-state index in [1.165, 1.54) is 11.3 Å². The third-order valence-electron chi connectivity index (χ3n) is 6.57. The molecule has 0 radical (unpaired) electrons. The van der Waals surface area contributed by atoms with E-state index in [2.05, 4.69) is 27.1 Å². The molecule has 3 heterocycles. The summed E-state index contributed by atoms with van der Waals surface area (Å²) in [4.78, 5) is 34.8. The maximum atomic E-state index is 13.3. The van der Waals surface area contributed by atoms with Gasteiger partial charge in [-0.2, -0.15) is 0 Å². The SMILES string of the molecule is C=c1cccc/c1=C(/C(=C\C)NC(=O)c1csc(N2Cc3ccc(OC)cc3C2=O)n1)N1CCNCC1. The van der Waals surface area contributed by atoms with E-state index in [0.29, 0.717) is 28.7 Å². The Balaban J connectivity index is 1.40. The molecular formula is C28H29N5O3S. The van der Waals surface area contributed by atoms with E-state index in [1.807, 2.05) is 49.4 Å². The van der Waals surface area contributed by atoms with Crippen molar-refractivity contribution in [3.63, 3.8) is 0 Å². The monoisotopic (exact) mass is 515 g/mol. The fraction of sp³-hybridized carbons (Fsp3) is 0.250. The molecule has 0 aliphatic carbocycles. The largest absolute Gasteiger partial charge is 0.497 e. The lowest BCUT2D eigenvalue weighted by Gasteiger charge is -2.33. The minimum absolute atomic E-state index is 0.147. The highest BCUT2D eigenvalue weighted by Crippen LogP contribution is 2.32. The Morgan fingerprint density at radius 2 is 2.00 bits per heavy atom. The first-order valence-corrected chi connectivity index (χ1v) is 13.0. The zero-order valence-corrected chi connectivity index (χ0v) is 21.7. The summed E-state index contributed by atoms with van der Waals surface area (Å²) in [7, 11) is 1.57. The van der Waals surface area contributed by atoms with E-state index < -0.39 is 0 Å². The van der Waals surface area contributed by atoms with Crippen LogP contribution in [0.4, 0.5) is 5.13 Å². The number of hydrogen-bond donors (Lipinski definition) is 2. The molecule has 2 aromatic carbocycles. The predicted octanol–water partition coefficient (Wildman–Crippen LogP) is 2.07. The second-order valence-corrected chi connectivity index (χ2v) is 9.67. The Morgan fingerprint density at radius 3 is 2.73 bits per heavy atom. The topological polar surface area (TPSA) is 86.8 Å². The first-order chi connectivity index (χ1) is 18.0. The Kier molecular flexibility index (Phi) is 7.07. The molecule has 9 heteroatoms. The number of ether oxygens (including phenoxy) is 1. The van der Waals surface area contributed by atoms with Gasteiger partial charge in [0.05, 0.1) is 25.0 Å². The van der Waals surface area contributed by atoms with Crippen LogP contribution in [0.5, 0.6) is 5.75 Å². The summed E-state index contributed by atoms with van der Waals surface area (Å²) >= 11 is 1.28. The molecule has 8 nitrogen and oxygen atoms in total. The molecule has 2 aliphatic heterocycles. The van der Waals surface area contributed by atoms with Gasteiger partial charge in [-0.15, -0.1) is 11.3 Å². The third kappa shape index (κ3) is 4.87. The average molecular weight is 516 g/mol. The molecule has 1 saturated heterocycles. The van der Waals surface area contributed by atoms with Gasteiger partial charge in [0.15, 0.2) is 5.13 Å². The number of rotatable bonds is 6. The van der Waals surface area contributed by atoms with E-state index in [4.69, 9.17) is 4.74 Å². The Bertz CT molecular complexity index is 1490. The molecule has 2 aliphatic rings. The molecule has 37 heavy (non-hydrogen) atoms. The van der Waals surface area contributed by atoms with Crippen LogP contribution in [0.15, 0.2) is 59.6 Å². The first kappa shape index (κ1) is 24.7. The molecule has 190 valence electrons. The van der Waals surface area contributed by atoms with Crippen LogP contribution in [0.25, 0.3) is 12.3 Å². The van der Waals surface area contributed by atoms with Gasteiger partial charge in [0.25, 0.3) is 11.8 Å². The first-order valence-electron chi connectivity index (χ1n) is 12.2. The molecular weight excluding hydrogens is 486 g/mol. The fourth-order valence-electron chi connectivity index (χ4n) is 4.63. The maximum Gasteiger partial charge on any atom is 0.275 e. The number of anilines is 1. The van der Waals surface area contributed by atoms with Crippen molar-refractivity contribution in [2.75, 3.05) is 38.2 Å². The highest BCUT2D eigenvalue weighted by Gasteiger charge is 2.31. The highest BCUT2D eigenvalue weighted by atomic mass is 32.1. The Hall–Kier alpha value is -3.95. The summed E-state index contributed by atoms with van der Waals surface area (Å²) in [6.07, 6.45) is 1.91. The number of nitrogens with zero attached hydrogens (tertiary/aromatic N) is 3. The molecule has 2 amide bonds. The summed E-state index contributed by atoms with van der Waals surface area (Å²) in [5, 5.41) is 10.5. The van der Waals surface area contributed by atoms with Gasteiger partial charge in [-0.05, 0) is 29.8 Å². The number of carbonyl (C=O) groups is 2. The average Bonchev–Trinajstić information content (AvgIpc) is 3.54. The van der Waals surface area contributed by atoms with Gasteiger partial charge in [0, 0.05) is 42.3 Å². The zero-order chi connectivity index (χ0) is 25.9. The van der Waals surface area contributed by atoms with Crippen LogP contribution >= 0.6 is 11.3 Å². The molecule has 5 rings (SSSR count). The minimum Gasteiger partial charge on any atom is -0.497 e. The van der Waals surface area contributed by atoms with Gasteiger partial charge in [-0.1, -0.05) is 43.0 Å². The van der Waals surface area contributed by atoms with Crippen molar-refractivity contribution in [3.8, 4) is 5.75 Å². The van der Waals surface area contributed by atoms with Crippen LogP contribution in [-0.2, 0) is 6.54 Å². The van der Waals surface area contributed by atoms with E-state index in [9.17, 15) is 9.59 Å². The molecule has 0 spiro atoms. The number of aromatic nitrogens is 1. The van der Waals surface area contributed by atoms with Gasteiger partial charge in [-0.25, -0.2) is 4.98 Å². The van der Waals surface area contributed by atoms with E-state index >= 15 is 0 Å². The second-order valence-electron chi connectivity index (χ2n) is 8.83. The quantitative estimate of drug-likeness (QED) is 0.523. The summed E-state index contributed by atoms with van der Waals surface area (Å²) in [5.41, 5.74) is 3.42. The number of fused-ring (bicyclic) bond motifs is 1. The maximum absolute atomic E-state index is 13.3. The van der Waals surface area contributed by atoms with Crippen molar-refractivity contribution < 1.29 is 14.3 Å². The lowest BCUT2D eigenvalue weighted by molar-refractivity contribution is 0.0958. The van der Waals surface area contributed by atoms with Gasteiger partial charge < -0.3 is 20.3 Å². The smallest absolute Gasteiger partial charge is 0.275 e. The molecule has 1 fully saturated rings. The summed E-state index contributed by atoms with van der Waals surface area (Å²) in [6, 6.07) is 13.4. The van der Waals surface area contributed by atoms with Crippen LogP contribution in [0.3, 0.4) is 0 Å². The van der Waals surface area contributed by atoms with E-state index in [0.717, 1.165) is 47.9 Å². The fourth-order valence-corrected chi connectivity index (χ4v) is 5.44. The Morgan fingerprint density at radius 1 is 1.22 bits per heavy atom. The number of methoxy groups -OCH3 is 1. The number of thiazole rings is 1. The number of allylic oxidation sites excluding steroid dienone is 1. The normalized spacial score (nSPS) is 16.5. The van der Waals surface area contributed by atoms with Crippen molar-refractivity contribution in [3.05, 3.63) is 86.9 Å². The second kappa shape index (κ2) is 10.6. The zero-order valence-electron chi connectivity index (χ0n) is 20.9.